The molecule has 90 valence electrons. The largest absolute Gasteiger partial charge is 0.353 e. The summed E-state index contributed by atoms with van der Waals surface area (Å²) in [5.41, 5.74) is 1.09. The molecule has 2 N–H and O–H groups in total. The number of nitrogens with one attached hydrogen (secondary N) is 2. The highest BCUT2D eigenvalue weighted by molar-refractivity contribution is 9.11. The number of H-pyrrole nitrogens is 1. The Morgan fingerprint density at radius 1 is 1.29 bits per heavy atom. The van der Waals surface area contributed by atoms with Gasteiger partial charge in [-0.2, -0.15) is 5.10 Å². The lowest BCUT2D eigenvalue weighted by atomic mass is 10.3. The fourth-order valence-corrected chi connectivity index (χ4v) is 3.30. The summed E-state index contributed by atoms with van der Waals surface area (Å²) >= 11 is 5.19. The SMILES string of the molecule is Brc1ccc(-c2cc(N3CCNCC3)n[nH]2)s1. The van der Waals surface area contributed by atoms with Crippen LogP contribution in [0.5, 0.6) is 0 Å². The van der Waals surface area contributed by atoms with Crippen LogP contribution in [-0.4, -0.2) is 36.4 Å². The summed E-state index contributed by atoms with van der Waals surface area (Å²) in [6, 6.07) is 6.29. The van der Waals surface area contributed by atoms with E-state index >= 15 is 0 Å². The van der Waals surface area contributed by atoms with Gasteiger partial charge in [-0.25, -0.2) is 0 Å². The van der Waals surface area contributed by atoms with E-state index in [0.717, 1.165) is 41.5 Å². The van der Waals surface area contributed by atoms with Crippen LogP contribution in [0.3, 0.4) is 0 Å². The van der Waals surface area contributed by atoms with E-state index in [4.69, 9.17) is 0 Å². The molecule has 0 unspecified atom stereocenters. The Bertz CT molecular complexity index is 501. The van der Waals surface area contributed by atoms with Gasteiger partial charge in [0.05, 0.1) is 14.4 Å². The van der Waals surface area contributed by atoms with E-state index in [2.05, 4.69) is 54.5 Å². The van der Waals surface area contributed by atoms with Crippen molar-refractivity contribution in [3.8, 4) is 10.6 Å². The van der Waals surface area contributed by atoms with Crippen LogP contribution in [0.1, 0.15) is 0 Å². The highest BCUT2D eigenvalue weighted by Gasteiger charge is 2.14. The van der Waals surface area contributed by atoms with Crippen molar-refractivity contribution >= 4 is 33.1 Å². The van der Waals surface area contributed by atoms with Crippen molar-refractivity contribution in [3.63, 3.8) is 0 Å². The fraction of sp³-hybridized carbons (Fsp3) is 0.364. The van der Waals surface area contributed by atoms with Crippen LogP contribution in [0.25, 0.3) is 10.6 Å². The zero-order chi connectivity index (χ0) is 11.7. The number of thiophene rings is 1. The summed E-state index contributed by atoms with van der Waals surface area (Å²) in [4.78, 5) is 3.52. The average Bonchev–Trinajstić information content (AvgIpc) is 2.98. The Hall–Kier alpha value is -0.850. The number of aromatic nitrogens is 2. The number of rotatable bonds is 2. The van der Waals surface area contributed by atoms with E-state index < -0.39 is 0 Å². The van der Waals surface area contributed by atoms with E-state index in [1.807, 2.05) is 0 Å². The van der Waals surface area contributed by atoms with Gasteiger partial charge in [0.1, 0.15) is 0 Å². The Morgan fingerprint density at radius 2 is 2.12 bits per heavy atom. The smallest absolute Gasteiger partial charge is 0.151 e. The second-order valence-corrected chi connectivity index (χ2v) is 6.44. The molecule has 0 atom stereocenters. The topological polar surface area (TPSA) is 44.0 Å². The summed E-state index contributed by atoms with van der Waals surface area (Å²) in [6.45, 7) is 4.12. The first-order valence-electron chi connectivity index (χ1n) is 5.60. The quantitative estimate of drug-likeness (QED) is 0.894. The summed E-state index contributed by atoms with van der Waals surface area (Å²) in [6.07, 6.45) is 0. The first kappa shape index (κ1) is 11.3. The molecule has 6 heteroatoms. The van der Waals surface area contributed by atoms with Gasteiger partial charge in [0.15, 0.2) is 5.82 Å². The van der Waals surface area contributed by atoms with Crippen LogP contribution in [0.4, 0.5) is 5.82 Å². The van der Waals surface area contributed by atoms with Crippen LogP contribution < -0.4 is 10.2 Å². The van der Waals surface area contributed by atoms with Gasteiger partial charge in [-0.15, -0.1) is 11.3 Å². The average molecular weight is 313 g/mol. The van der Waals surface area contributed by atoms with Crippen molar-refractivity contribution in [2.24, 2.45) is 0 Å². The molecule has 2 aromatic heterocycles. The van der Waals surface area contributed by atoms with Crippen LogP contribution in [0, 0.1) is 0 Å². The first-order valence-corrected chi connectivity index (χ1v) is 7.21. The second-order valence-electron chi connectivity index (χ2n) is 3.98. The zero-order valence-electron chi connectivity index (χ0n) is 9.24. The van der Waals surface area contributed by atoms with E-state index in [1.165, 1.54) is 4.88 Å². The van der Waals surface area contributed by atoms with E-state index in [0.29, 0.717) is 0 Å². The molecule has 1 aliphatic rings. The molecule has 0 bridgehead atoms. The fourth-order valence-electron chi connectivity index (χ4n) is 1.95. The third-order valence-corrected chi connectivity index (χ3v) is 4.50. The minimum Gasteiger partial charge on any atom is -0.353 e. The standard InChI is InChI=1S/C11H13BrN4S/c12-10-2-1-9(17-10)8-7-11(15-14-8)16-5-3-13-4-6-16/h1-2,7,13H,3-6H2,(H,14,15). The van der Waals surface area contributed by atoms with Crippen LogP contribution in [-0.2, 0) is 0 Å². The molecule has 0 radical (unpaired) electrons. The normalized spacial score (nSPS) is 16.4. The van der Waals surface area contributed by atoms with Gasteiger partial charge in [-0.3, -0.25) is 5.10 Å². The highest BCUT2D eigenvalue weighted by Crippen LogP contribution is 2.31. The molecular formula is C11H13BrN4S. The van der Waals surface area contributed by atoms with Gasteiger partial charge >= 0.3 is 0 Å². The Kier molecular flexibility index (Phi) is 3.17. The van der Waals surface area contributed by atoms with Crippen LogP contribution in [0.15, 0.2) is 22.0 Å². The maximum Gasteiger partial charge on any atom is 0.151 e. The lowest BCUT2D eigenvalue weighted by Crippen LogP contribution is -2.43. The zero-order valence-corrected chi connectivity index (χ0v) is 11.6. The van der Waals surface area contributed by atoms with Crippen LogP contribution in [0.2, 0.25) is 0 Å². The second kappa shape index (κ2) is 4.80. The summed E-state index contributed by atoms with van der Waals surface area (Å²) in [5, 5.41) is 10.8. The maximum atomic E-state index is 4.39. The molecule has 0 amide bonds. The number of halogens is 1. The van der Waals surface area contributed by atoms with Gasteiger partial charge in [-0.1, -0.05) is 0 Å². The third-order valence-electron chi connectivity index (χ3n) is 2.84. The predicted molar refractivity (Wildman–Crippen MR) is 74.7 cm³/mol. The van der Waals surface area contributed by atoms with E-state index in [1.54, 1.807) is 11.3 Å². The molecule has 1 aliphatic heterocycles. The van der Waals surface area contributed by atoms with Crippen molar-refractivity contribution in [2.45, 2.75) is 0 Å². The van der Waals surface area contributed by atoms with Crippen molar-refractivity contribution in [3.05, 3.63) is 22.0 Å². The van der Waals surface area contributed by atoms with Gasteiger partial charge in [0, 0.05) is 32.2 Å². The minimum absolute atomic E-state index is 1.03. The Balaban J connectivity index is 1.82. The molecule has 17 heavy (non-hydrogen) atoms. The number of hydrogen-bond donors (Lipinski definition) is 2. The maximum absolute atomic E-state index is 4.39. The monoisotopic (exact) mass is 312 g/mol. The molecule has 4 nitrogen and oxygen atoms in total. The summed E-state index contributed by atoms with van der Waals surface area (Å²) in [7, 11) is 0. The third kappa shape index (κ3) is 2.38. The van der Waals surface area contributed by atoms with Crippen molar-refractivity contribution in [1.29, 1.82) is 0 Å². The van der Waals surface area contributed by atoms with E-state index in [-0.39, 0.29) is 0 Å². The number of hydrogen-bond acceptors (Lipinski definition) is 4. The molecule has 0 aromatic carbocycles. The molecule has 0 saturated carbocycles. The van der Waals surface area contributed by atoms with Gasteiger partial charge in [0.25, 0.3) is 0 Å². The van der Waals surface area contributed by atoms with Crippen molar-refractivity contribution < 1.29 is 0 Å². The molecule has 1 saturated heterocycles. The van der Waals surface area contributed by atoms with Gasteiger partial charge in [-0.05, 0) is 28.1 Å². The van der Waals surface area contributed by atoms with Gasteiger partial charge in [0.2, 0.25) is 0 Å². The highest BCUT2D eigenvalue weighted by atomic mass is 79.9. The number of piperazine rings is 1. The lowest BCUT2D eigenvalue weighted by molar-refractivity contribution is 0.584. The molecule has 1 fully saturated rings. The van der Waals surface area contributed by atoms with Crippen molar-refractivity contribution in [1.82, 2.24) is 15.5 Å². The lowest BCUT2D eigenvalue weighted by Gasteiger charge is -2.26. The predicted octanol–water partition coefficient (Wildman–Crippen LogP) is 2.31. The molecular weight excluding hydrogens is 300 g/mol. The molecule has 0 spiro atoms. The molecule has 3 rings (SSSR count). The molecule has 0 aliphatic carbocycles. The number of aromatic amines is 1. The van der Waals surface area contributed by atoms with Crippen molar-refractivity contribution in [2.75, 3.05) is 31.1 Å². The Morgan fingerprint density at radius 3 is 2.82 bits per heavy atom. The summed E-state index contributed by atoms with van der Waals surface area (Å²) < 4.78 is 1.14. The molecule has 2 aromatic rings. The van der Waals surface area contributed by atoms with E-state index in [9.17, 15) is 0 Å². The summed E-state index contributed by atoms with van der Waals surface area (Å²) in [5.74, 6) is 1.05. The van der Waals surface area contributed by atoms with Gasteiger partial charge < -0.3 is 10.2 Å². The number of anilines is 1. The minimum atomic E-state index is 1.03. The number of nitrogens with zero attached hydrogens (tertiary/aromatic N) is 2. The first-order chi connectivity index (χ1) is 8.33. The van der Waals surface area contributed by atoms with Crippen LogP contribution >= 0.6 is 27.3 Å². The molecule has 3 heterocycles. The Labute approximate surface area is 112 Å².